The molecule has 0 saturated carbocycles. The maximum atomic E-state index is 2.53. The summed E-state index contributed by atoms with van der Waals surface area (Å²) in [7, 11) is 0. The lowest BCUT2D eigenvalue weighted by atomic mass is 9.80. The van der Waals surface area contributed by atoms with Gasteiger partial charge in [-0.15, -0.1) is 0 Å². The van der Waals surface area contributed by atoms with Gasteiger partial charge in [-0.2, -0.15) is 0 Å². The highest BCUT2D eigenvalue weighted by atomic mass is 14.3. The Morgan fingerprint density at radius 1 is 0.0755 bits per heavy atom. The molecule has 0 saturated heterocycles. The summed E-state index contributed by atoms with van der Waals surface area (Å²) in [6, 6.07) is 150. The van der Waals surface area contributed by atoms with Crippen LogP contribution in [0.15, 0.2) is 400 Å². The fourth-order valence-corrected chi connectivity index (χ4v) is 18.3. The first kappa shape index (κ1) is 60.9. The highest BCUT2D eigenvalue weighted by Crippen LogP contribution is 2.54. The minimum absolute atomic E-state index is 1.15. The van der Waals surface area contributed by atoms with Crippen molar-refractivity contribution in [3.8, 4) is 111 Å². The Labute approximate surface area is 615 Å². The molecule has 0 radical (unpaired) electrons. The van der Waals surface area contributed by atoms with Crippen LogP contribution in [0.2, 0.25) is 0 Å². The Hall–Kier alpha value is -13.8. The summed E-state index contributed by atoms with van der Waals surface area (Å²) < 4.78 is 0. The molecule has 0 amide bonds. The molecular formula is C106H66. The van der Waals surface area contributed by atoms with Gasteiger partial charge in [0.1, 0.15) is 0 Å². The van der Waals surface area contributed by atoms with E-state index in [1.807, 2.05) is 0 Å². The monoisotopic (exact) mass is 1340 g/mol. The maximum Gasteiger partial charge on any atom is -0.00259 e. The fourth-order valence-electron chi connectivity index (χ4n) is 18.3. The van der Waals surface area contributed by atoms with E-state index >= 15 is 0 Å². The number of hydrogen-bond acceptors (Lipinski definition) is 0. The summed E-state index contributed by atoms with van der Waals surface area (Å²) in [6.45, 7) is 0. The van der Waals surface area contributed by atoms with E-state index in [0.717, 1.165) is 33.4 Å². The minimum atomic E-state index is 1.15. The molecule has 0 nitrogen and oxygen atoms in total. The van der Waals surface area contributed by atoms with Gasteiger partial charge in [0, 0.05) is 0 Å². The van der Waals surface area contributed by atoms with Gasteiger partial charge in [-0.1, -0.05) is 364 Å². The van der Waals surface area contributed by atoms with Crippen molar-refractivity contribution in [2.24, 2.45) is 0 Å². The molecule has 0 aliphatic carbocycles. The molecule has 21 aromatic carbocycles. The molecule has 490 valence electrons. The Balaban J connectivity index is 0.888. The van der Waals surface area contributed by atoms with Crippen molar-refractivity contribution in [2.75, 3.05) is 0 Å². The van der Waals surface area contributed by atoms with Gasteiger partial charge in [-0.3, -0.25) is 0 Å². The molecule has 0 heterocycles. The van der Waals surface area contributed by atoms with Crippen LogP contribution in [0.5, 0.6) is 0 Å². The topological polar surface area (TPSA) is 0 Å². The Kier molecular flexibility index (Phi) is 14.4. The zero-order chi connectivity index (χ0) is 69.8. The molecule has 21 aromatic rings. The van der Waals surface area contributed by atoms with Crippen LogP contribution in [0.4, 0.5) is 0 Å². The molecule has 0 aliphatic heterocycles. The van der Waals surface area contributed by atoms with Gasteiger partial charge in [0.2, 0.25) is 0 Å². The van der Waals surface area contributed by atoms with Crippen molar-refractivity contribution in [1.29, 1.82) is 0 Å². The molecule has 0 atom stereocenters. The normalized spacial score (nSPS) is 11.8. The fraction of sp³-hybridized carbons (Fsp3) is 0. The quantitative estimate of drug-likeness (QED) is 0.120. The zero-order valence-corrected chi connectivity index (χ0v) is 58.1. The first-order valence-electron chi connectivity index (χ1n) is 36.9. The van der Waals surface area contributed by atoms with E-state index in [4.69, 9.17) is 0 Å². The first-order valence-corrected chi connectivity index (χ1v) is 36.9. The summed E-state index contributed by atoms with van der Waals surface area (Å²) in [6.07, 6.45) is 0. The van der Waals surface area contributed by atoms with E-state index in [0.29, 0.717) is 0 Å². The third kappa shape index (κ3) is 9.69. The van der Waals surface area contributed by atoms with Crippen LogP contribution >= 0.6 is 0 Å². The molecule has 106 heavy (non-hydrogen) atoms. The van der Waals surface area contributed by atoms with Gasteiger partial charge in [0.15, 0.2) is 0 Å². The van der Waals surface area contributed by atoms with Crippen molar-refractivity contribution in [2.45, 2.75) is 0 Å². The zero-order valence-electron chi connectivity index (χ0n) is 58.1. The molecule has 0 aliphatic rings. The van der Waals surface area contributed by atoms with Gasteiger partial charge in [-0.25, -0.2) is 0 Å². The van der Waals surface area contributed by atoms with E-state index in [1.54, 1.807) is 0 Å². The minimum Gasteiger partial charge on any atom is -0.0622 e. The molecule has 0 spiro atoms. The number of fused-ring (bicyclic) bond motifs is 10. The molecule has 0 fully saturated rings. The lowest BCUT2D eigenvalue weighted by Gasteiger charge is -2.23. The van der Waals surface area contributed by atoms with Crippen LogP contribution in [-0.2, 0) is 0 Å². The average molecular weight is 1340 g/mol. The predicted octanol–water partition coefficient (Wildman–Crippen LogP) is 29.9. The molecule has 0 aromatic heterocycles. The van der Waals surface area contributed by atoms with E-state index in [1.165, 1.54) is 186 Å². The predicted molar refractivity (Wildman–Crippen MR) is 456 cm³/mol. The molecule has 0 N–H and O–H groups in total. The molecule has 0 heteroatoms. The second-order valence-corrected chi connectivity index (χ2v) is 28.3. The smallest absolute Gasteiger partial charge is 0.00259 e. The van der Waals surface area contributed by atoms with Crippen molar-refractivity contribution >= 4 is 108 Å². The van der Waals surface area contributed by atoms with Crippen LogP contribution < -0.4 is 0 Å². The number of rotatable bonds is 10. The van der Waals surface area contributed by atoms with Crippen molar-refractivity contribution < 1.29 is 0 Å². The number of hydrogen-bond donors (Lipinski definition) is 0. The molecule has 0 unspecified atom stereocenters. The van der Waals surface area contributed by atoms with Crippen LogP contribution in [-0.4, -0.2) is 0 Å². The SMILES string of the molecule is c1ccc(-c2c3ccccc3c(-c3cc(-c4c5ccccc5c(-c5ccccc5)c5ccccc45)cc(-c4c5ccccc5c(-c5cc(-c6c7ccccc7c(-c7ccccc7)c7ccccc67)cc(-c6c7ccccc7c(-c7ccccc7)c7ccccc67)c5)c5ccccc45)c3)c3ccccc23)cc1. The molecular weight excluding hydrogens is 1270 g/mol. The van der Waals surface area contributed by atoms with Crippen molar-refractivity contribution in [3.05, 3.63) is 400 Å². The van der Waals surface area contributed by atoms with E-state index in [2.05, 4.69) is 400 Å². The van der Waals surface area contributed by atoms with Crippen molar-refractivity contribution in [1.82, 2.24) is 0 Å². The van der Waals surface area contributed by atoms with E-state index in [-0.39, 0.29) is 0 Å². The van der Waals surface area contributed by atoms with Crippen LogP contribution in [0.1, 0.15) is 0 Å². The van der Waals surface area contributed by atoms with Gasteiger partial charge in [0.25, 0.3) is 0 Å². The summed E-state index contributed by atoms with van der Waals surface area (Å²) in [4.78, 5) is 0. The summed E-state index contributed by atoms with van der Waals surface area (Å²) in [5, 5.41) is 24.2. The summed E-state index contributed by atoms with van der Waals surface area (Å²) in [5.74, 6) is 0. The highest BCUT2D eigenvalue weighted by Gasteiger charge is 2.27. The second-order valence-electron chi connectivity index (χ2n) is 28.3. The number of benzene rings is 21. The van der Waals surface area contributed by atoms with E-state index < -0.39 is 0 Å². The lowest BCUT2D eigenvalue weighted by molar-refractivity contribution is 1.61. The van der Waals surface area contributed by atoms with Gasteiger partial charge < -0.3 is 0 Å². The molecule has 21 rings (SSSR count). The van der Waals surface area contributed by atoms with Crippen LogP contribution in [0, 0.1) is 0 Å². The van der Waals surface area contributed by atoms with Gasteiger partial charge in [0.05, 0.1) is 0 Å². The maximum absolute atomic E-state index is 2.53. The largest absolute Gasteiger partial charge is 0.0622 e. The highest BCUT2D eigenvalue weighted by molar-refractivity contribution is 6.29. The lowest BCUT2D eigenvalue weighted by Crippen LogP contribution is -1.96. The van der Waals surface area contributed by atoms with Crippen LogP contribution in [0.3, 0.4) is 0 Å². The third-order valence-electron chi connectivity index (χ3n) is 22.5. The molecule has 0 bridgehead atoms. The summed E-state index contributed by atoms with van der Waals surface area (Å²) in [5.41, 5.74) is 24.0. The Morgan fingerprint density at radius 3 is 0.264 bits per heavy atom. The first-order chi connectivity index (χ1) is 52.7. The average Bonchev–Trinajstić information content (AvgIpc) is 0.720. The van der Waals surface area contributed by atoms with Gasteiger partial charge >= 0.3 is 0 Å². The third-order valence-corrected chi connectivity index (χ3v) is 22.5. The van der Waals surface area contributed by atoms with E-state index in [9.17, 15) is 0 Å². The summed E-state index contributed by atoms with van der Waals surface area (Å²) >= 11 is 0. The Bertz CT molecular complexity index is 6070. The second kappa shape index (κ2) is 25.0. The van der Waals surface area contributed by atoms with Gasteiger partial charge in [-0.05, 0) is 255 Å². The van der Waals surface area contributed by atoms with Crippen LogP contribution in [0.25, 0.3) is 219 Å². The van der Waals surface area contributed by atoms with Crippen molar-refractivity contribution in [3.63, 3.8) is 0 Å². The Morgan fingerprint density at radius 2 is 0.160 bits per heavy atom. The standard InChI is InChI=1S/C106H66/c1-5-33-67(34-6-1)97-77-41-13-21-49-85(77)101(86-50-22-14-42-78(86)97)71-61-72(102-87-51-23-15-43-79(87)98(68-35-7-2-8-36-68)80-44-16-24-52-88(80)102)64-75(63-71)105-93-57-29-31-59-95(93)106(96-60-32-30-58-94(96)105)76-65-73(103-89-53-25-17-45-81(89)99(69-37-9-3-10-38-69)82-46-18-26-54-90(82)103)62-74(66-76)104-91-55-27-19-47-83(91)100(70-39-11-4-12-40-70)84-48-20-28-56-92(84)104/h1-66H.